The van der Waals surface area contributed by atoms with Crippen molar-refractivity contribution in [2.24, 2.45) is 7.05 Å². The SMILES string of the molecule is CCn1nnc2cc(C(=O)NC(c3cc(OC)cc(OC)c3)c3nccn3C)ccc21. The number of aromatic nitrogens is 5. The molecule has 0 aliphatic heterocycles. The normalized spacial score (nSPS) is 12.0. The summed E-state index contributed by atoms with van der Waals surface area (Å²) in [6, 6.07) is 10.4. The molecule has 1 atom stereocenters. The summed E-state index contributed by atoms with van der Waals surface area (Å²) in [7, 11) is 5.06. The number of hydrogen-bond acceptors (Lipinski definition) is 6. The zero-order valence-electron chi connectivity index (χ0n) is 17.9. The summed E-state index contributed by atoms with van der Waals surface area (Å²) < 4.78 is 14.5. The Balaban J connectivity index is 1.72. The van der Waals surface area contributed by atoms with Crippen LogP contribution in [0.1, 0.15) is 34.7 Å². The first-order valence-corrected chi connectivity index (χ1v) is 9.88. The molecule has 31 heavy (non-hydrogen) atoms. The minimum atomic E-state index is -0.515. The first kappa shape index (κ1) is 20.4. The van der Waals surface area contributed by atoms with Crippen molar-refractivity contribution in [2.45, 2.75) is 19.5 Å². The Labute approximate surface area is 179 Å². The van der Waals surface area contributed by atoms with Crippen LogP contribution in [0.2, 0.25) is 0 Å². The Kier molecular flexibility index (Phi) is 5.57. The van der Waals surface area contributed by atoms with Crippen LogP contribution in [0, 0.1) is 0 Å². The lowest BCUT2D eigenvalue weighted by atomic mass is 10.0. The van der Waals surface area contributed by atoms with Gasteiger partial charge in [0.1, 0.15) is 28.9 Å². The van der Waals surface area contributed by atoms with E-state index in [-0.39, 0.29) is 5.91 Å². The molecule has 160 valence electrons. The molecule has 1 unspecified atom stereocenters. The lowest BCUT2D eigenvalue weighted by Crippen LogP contribution is -2.31. The maximum absolute atomic E-state index is 13.2. The molecule has 2 aromatic carbocycles. The van der Waals surface area contributed by atoms with Crippen molar-refractivity contribution in [2.75, 3.05) is 14.2 Å². The largest absolute Gasteiger partial charge is 0.497 e. The number of carbonyl (C=O) groups excluding carboxylic acids is 1. The van der Waals surface area contributed by atoms with Gasteiger partial charge in [-0.1, -0.05) is 5.21 Å². The van der Waals surface area contributed by atoms with Crippen molar-refractivity contribution in [1.82, 2.24) is 29.9 Å². The van der Waals surface area contributed by atoms with Gasteiger partial charge in [-0.2, -0.15) is 0 Å². The van der Waals surface area contributed by atoms with Crippen molar-refractivity contribution < 1.29 is 14.3 Å². The highest BCUT2D eigenvalue weighted by Crippen LogP contribution is 2.30. The predicted molar refractivity (Wildman–Crippen MR) is 115 cm³/mol. The fourth-order valence-corrected chi connectivity index (χ4v) is 3.51. The Morgan fingerprint density at radius 1 is 1.13 bits per heavy atom. The fraction of sp³-hybridized carbons (Fsp3) is 0.273. The van der Waals surface area contributed by atoms with Crippen LogP contribution in [0.3, 0.4) is 0 Å². The van der Waals surface area contributed by atoms with Crippen LogP contribution in [0.15, 0.2) is 48.8 Å². The molecule has 0 aliphatic carbocycles. The van der Waals surface area contributed by atoms with Crippen molar-refractivity contribution >= 4 is 16.9 Å². The van der Waals surface area contributed by atoms with Gasteiger partial charge in [-0.05, 0) is 42.8 Å². The van der Waals surface area contributed by atoms with E-state index >= 15 is 0 Å². The quantitative estimate of drug-likeness (QED) is 0.494. The number of hydrogen-bond donors (Lipinski definition) is 1. The number of imidazole rings is 1. The van der Waals surface area contributed by atoms with Gasteiger partial charge in [0, 0.05) is 37.6 Å². The maximum Gasteiger partial charge on any atom is 0.252 e. The maximum atomic E-state index is 13.2. The summed E-state index contributed by atoms with van der Waals surface area (Å²) >= 11 is 0. The number of carbonyl (C=O) groups is 1. The van der Waals surface area contributed by atoms with Crippen LogP contribution in [0.4, 0.5) is 0 Å². The highest BCUT2D eigenvalue weighted by Gasteiger charge is 2.23. The summed E-state index contributed by atoms with van der Waals surface area (Å²) in [5, 5.41) is 11.4. The second-order valence-corrected chi connectivity index (χ2v) is 7.06. The molecule has 0 saturated heterocycles. The van der Waals surface area contributed by atoms with Crippen molar-refractivity contribution in [1.29, 1.82) is 0 Å². The zero-order chi connectivity index (χ0) is 22.0. The minimum absolute atomic E-state index is 0.247. The number of nitrogens with zero attached hydrogens (tertiary/aromatic N) is 5. The third-order valence-corrected chi connectivity index (χ3v) is 5.17. The van der Waals surface area contributed by atoms with Crippen molar-refractivity contribution in [3.63, 3.8) is 0 Å². The van der Waals surface area contributed by atoms with Crippen LogP contribution < -0.4 is 14.8 Å². The fourth-order valence-electron chi connectivity index (χ4n) is 3.51. The van der Waals surface area contributed by atoms with E-state index in [1.54, 1.807) is 43.3 Å². The Hall–Kier alpha value is -3.88. The molecule has 0 aliphatic rings. The smallest absolute Gasteiger partial charge is 0.252 e. The number of fused-ring (bicyclic) bond motifs is 1. The number of amides is 1. The van der Waals surface area contributed by atoms with E-state index in [1.165, 1.54) is 0 Å². The first-order chi connectivity index (χ1) is 15.0. The van der Waals surface area contributed by atoms with Crippen LogP contribution >= 0.6 is 0 Å². The van der Waals surface area contributed by atoms with Gasteiger partial charge in [-0.3, -0.25) is 4.79 Å². The van der Waals surface area contributed by atoms with E-state index in [1.807, 2.05) is 42.9 Å². The molecule has 1 N–H and O–H groups in total. The molecule has 4 rings (SSSR count). The van der Waals surface area contributed by atoms with Crippen LogP contribution in [-0.4, -0.2) is 44.7 Å². The second-order valence-electron chi connectivity index (χ2n) is 7.06. The second kappa shape index (κ2) is 8.47. The minimum Gasteiger partial charge on any atom is -0.497 e. The number of ether oxygens (including phenoxy) is 2. The molecule has 2 aromatic heterocycles. The van der Waals surface area contributed by atoms with Crippen LogP contribution in [-0.2, 0) is 13.6 Å². The average molecular weight is 420 g/mol. The molecule has 0 spiro atoms. The lowest BCUT2D eigenvalue weighted by molar-refractivity contribution is 0.0941. The van der Waals surface area contributed by atoms with Gasteiger partial charge in [-0.25, -0.2) is 9.67 Å². The molecule has 0 saturated carbocycles. The number of benzene rings is 2. The molecule has 9 nitrogen and oxygen atoms in total. The van der Waals surface area contributed by atoms with E-state index in [2.05, 4.69) is 20.6 Å². The summed E-state index contributed by atoms with van der Waals surface area (Å²) in [5.41, 5.74) is 2.84. The topological polar surface area (TPSA) is 96.1 Å². The van der Waals surface area contributed by atoms with E-state index in [9.17, 15) is 4.79 Å². The van der Waals surface area contributed by atoms with Gasteiger partial charge < -0.3 is 19.4 Å². The monoisotopic (exact) mass is 420 g/mol. The summed E-state index contributed by atoms with van der Waals surface area (Å²) in [6.07, 6.45) is 3.53. The number of rotatable bonds is 7. The van der Waals surface area contributed by atoms with E-state index in [0.29, 0.717) is 34.9 Å². The Morgan fingerprint density at radius 3 is 2.48 bits per heavy atom. The molecule has 0 radical (unpaired) electrons. The Morgan fingerprint density at radius 2 is 1.87 bits per heavy atom. The third kappa shape index (κ3) is 3.94. The molecular formula is C22H24N6O3. The molecule has 0 fully saturated rings. The van der Waals surface area contributed by atoms with E-state index in [0.717, 1.165) is 11.1 Å². The average Bonchev–Trinajstić information content (AvgIpc) is 3.41. The summed E-state index contributed by atoms with van der Waals surface area (Å²) in [6.45, 7) is 2.70. The van der Waals surface area contributed by atoms with Gasteiger partial charge in [-0.15, -0.1) is 5.10 Å². The summed E-state index contributed by atoms with van der Waals surface area (Å²) in [5.74, 6) is 1.69. The third-order valence-electron chi connectivity index (χ3n) is 5.17. The number of nitrogens with one attached hydrogen (secondary N) is 1. The molecule has 0 bridgehead atoms. The van der Waals surface area contributed by atoms with E-state index in [4.69, 9.17) is 9.47 Å². The zero-order valence-corrected chi connectivity index (χ0v) is 17.9. The first-order valence-electron chi connectivity index (χ1n) is 9.88. The summed E-state index contributed by atoms with van der Waals surface area (Å²) in [4.78, 5) is 17.7. The number of aryl methyl sites for hydroxylation is 2. The van der Waals surface area contributed by atoms with Gasteiger partial charge in [0.25, 0.3) is 5.91 Å². The van der Waals surface area contributed by atoms with Crippen LogP contribution in [0.25, 0.3) is 11.0 Å². The van der Waals surface area contributed by atoms with Gasteiger partial charge in [0.2, 0.25) is 0 Å². The van der Waals surface area contributed by atoms with E-state index < -0.39 is 6.04 Å². The van der Waals surface area contributed by atoms with Gasteiger partial charge in [0.15, 0.2) is 0 Å². The molecular weight excluding hydrogens is 396 g/mol. The Bertz CT molecular complexity index is 1210. The highest BCUT2D eigenvalue weighted by molar-refractivity contribution is 5.97. The predicted octanol–water partition coefficient (Wildman–Crippen LogP) is 2.72. The molecule has 1 amide bonds. The van der Waals surface area contributed by atoms with Gasteiger partial charge >= 0.3 is 0 Å². The van der Waals surface area contributed by atoms with Crippen molar-refractivity contribution in [3.05, 3.63) is 65.7 Å². The molecule has 4 aromatic rings. The molecule has 9 heteroatoms. The van der Waals surface area contributed by atoms with Crippen LogP contribution in [0.5, 0.6) is 11.5 Å². The highest BCUT2D eigenvalue weighted by atomic mass is 16.5. The van der Waals surface area contributed by atoms with Crippen molar-refractivity contribution in [3.8, 4) is 11.5 Å². The van der Waals surface area contributed by atoms with Gasteiger partial charge in [0.05, 0.1) is 19.7 Å². The molecule has 2 heterocycles. The lowest BCUT2D eigenvalue weighted by Gasteiger charge is -2.20. The standard InChI is InChI=1S/C22H24N6O3/c1-5-28-19-7-6-14(12-18(19)25-26-28)22(29)24-20(21-23-8-9-27(21)2)15-10-16(30-3)13-17(11-15)31-4/h6-13,20H,5H2,1-4H3,(H,24,29). The number of methoxy groups -OCH3 is 2.